The zero-order chi connectivity index (χ0) is 28.7. The van der Waals surface area contributed by atoms with Crippen molar-refractivity contribution in [3.8, 4) is 22.6 Å². The first-order chi connectivity index (χ1) is 20.4. The Morgan fingerprint density at radius 2 is 1.88 bits per heavy atom. The molecule has 1 atom stereocenters. The van der Waals surface area contributed by atoms with Crippen LogP contribution in [0.1, 0.15) is 24.5 Å². The molecule has 1 aliphatic carbocycles. The predicted molar refractivity (Wildman–Crippen MR) is 160 cm³/mol. The minimum atomic E-state index is -1.36. The fraction of sp³-hybridized carbons (Fsp3) is 0.125. The zero-order valence-corrected chi connectivity index (χ0v) is 22.6. The maximum atomic E-state index is 14.3. The Morgan fingerprint density at radius 1 is 1.05 bits per heavy atom. The van der Waals surface area contributed by atoms with Gasteiger partial charge in [-0.3, -0.25) is 19.9 Å². The molecule has 1 aliphatic rings. The summed E-state index contributed by atoms with van der Waals surface area (Å²) in [6.45, 7) is 1.56. The van der Waals surface area contributed by atoms with Gasteiger partial charge in [-0.1, -0.05) is 42.5 Å². The van der Waals surface area contributed by atoms with E-state index in [-0.39, 0.29) is 12.3 Å². The van der Waals surface area contributed by atoms with E-state index in [1.54, 1.807) is 50.1 Å². The Balaban J connectivity index is 1.19. The molecule has 0 radical (unpaired) electrons. The number of alkyl halides is 1. The molecule has 206 valence electrons. The highest BCUT2D eigenvalue weighted by Crippen LogP contribution is 2.34. The van der Waals surface area contributed by atoms with Crippen LogP contribution >= 0.6 is 0 Å². The van der Waals surface area contributed by atoms with Gasteiger partial charge in [0.1, 0.15) is 11.4 Å². The third-order valence-electron chi connectivity index (χ3n) is 7.25. The van der Waals surface area contributed by atoms with Crippen LogP contribution in [0.2, 0.25) is 0 Å². The van der Waals surface area contributed by atoms with Crippen LogP contribution < -0.4 is 5.32 Å². The number of rotatable bonds is 6. The average Bonchev–Trinajstić information content (AvgIpc) is 3.62. The monoisotopic (exact) mass is 556 g/mol. The highest BCUT2D eigenvalue weighted by molar-refractivity contribution is 5.97. The fourth-order valence-corrected chi connectivity index (χ4v) is 5.06. The molecular weight excluding hydrogens is 531 g/mol. The van der Waals surface area contributed by atoms with Gasteiger partial charge in [0.2, 0.25) is 5.91 Å². The Kier molecular flexibility index (Phi) is 6.15. The van der Waals surface area contributed by atoms with Gasteiger partial charge in [0.15, 0.2) is 11.5 Å². The number of halogens is 1. The summed E-state index contributed by atoms with van der Waals surface area (Å²) in [5.74, 6) is 0.458. The molecule has 9 nitrogen and oxygen atoms in total. The molecule has 1 amide bonds. The number of anilines is 1. The highest BCUT2D eigenvalue weighted by Gasteiger charge is 2.23. The van der Waals surface area contributed by atoms with Crippen LogP contribution in [-0.2, 0) is 11.2 Å². The number of carbonyl (C=O) groups excluding carboxylic acids is 1. The van der Waals surface area contributed by atoms with Gasteiger partial charge in [-0.05, 0) is 36.3 Å². The number of pyridine rings is 3. The second kappa shape index (κ2) is 10.2. The summed E-state index contributed by atoms with van der Waals surface area (Å²) in [5, 5.41) is 11.1. The third-order valence-corrected chi connectivity index (χ3v) is 7.25. The second-order valence-electron chi connectivity index (χ2n) is 10.5. The van der Waals surface area contributed by atoms with Crippen LogP contribution in [0.3, 0.4) is 0 Å². The molecule has 0 saturated heterocycles. The van der Waals surface area contributed by atoms with Gasteiger partial charge < -0.3 is 10.3 Å². The standard InChI is InChI=1S/C32H25FN8O/c1-32(33)9-7-20(8-10-32)25-17-35-18-26-28(25)39-31(38-26)29-24-13-22(15-36-30(24)41-40-29)21-12-23(16-34-14-21)37-27(42)11-19-5-3-2-4-6-19/h2-9,12-18H,10-11H2,1H3,(H,37,42)(H,38,39)(H,36,40,41). The van der Waals surface area contributed by atoms with Gasteiger partial charge in [0, 0.05) is 41.7 Å². The van der Waals surface area contributed by atoms with Gasteiger partial charge in [-0.25, -0.2) is 14.4 Å². The number of nitrogens with one attached hydrogen (secondary N) is 3. The first-order valence-corrected chi connectivity index (χ1v) is 13.5. The number of aromatic amines is 2. The van der Waals surface area contributed by atoms with E-state index in [0.717, 1.165) is 44.2 Å². The molecule has 7 rings (SSSR count). The molecule has 0 aliphatic heterocycles. The molecule has 0 spiro atoms. The number of amides is 1. The van der Waals surface area contributed by atoms with Crippen molar-refractivity contribution in [1.29, 1.82) is 0 Å². The van der Waals surface area contributed by atoms with Crippen molar-refractivity contribution in [3.63, 3.8) is 0 Å². The van der Waals surface area contributed by atoms with Crippen LogP contribution in [0.4, 0.5) is 10.1 Å². The maximum absolute atomic E-state index is 14.3. The molecule has 42 heavy (non-hydrogen) atoms. The number of benzene rings is 1. The molecule has 0 bridgehead atoms. The molecule has 5 heterocycles. The van der Waals surface area contributed by atoms with Crippen LogP contribution in [0.5, 0.6) is 0 Å². The quantitative estimate of drug-likeness (QED) is 0.224. The lowest BCUT2D eigenvalue weighted by Crippen LogP contribution is -2.15. The van der Waals surface area contributed by atoms with E-state index in [4.69, 9.17) is 4.98 Å². The van der Waals surface area contributed by atoms with Crippen LogP contribution in [0.15, 0.2) is 91.7 Å². The zero-order valence-electron chi connectivity index (χ0n) is 22.6. The van der Waals surface area contributed by atoms with Gasteiger partial charge >= 0.3 is 0 Å². The van der Waals surface area contributed by atoms with E-state index in [1.165, 1.54) is 0 Å². The van der Waals surface area contributed by atoms with E-state index in [2.05, 4.69) is 35.5 Å². The SMILES string of the molecule is CC1(F)C=CC(c2cncc3[nH]c(-c4[nH]nc5ncc(-c6cncc(NC(=O)Cc7ccccc7)c6)cc45)nc23)=CC1. The largest absolute Gasteiger partial charge is 0.335 e. The number of hydrogen-bond acceptors (Lipinski definition) is 6. The Bertz CT molecular complexity index is 2020. The highest BCUT2D eigenvalue weighted by atomic mass is 19.1. The minimum Gasteiger partial charge on any atom is -0.335 e. The van der Waals surface area contributed by atoms with E-state index in [0.29, 0.717) is 29.3 Å². The predicted octanol–water partition coefficient (Wildman–Crippen LogP) is 6.21. The molecule has 0 fully saturated rings. The number of hydrogen-bond donors (Lipinski definition) is 3. The number of allylic oxidation sites excluding steroid dienone is 4. The van der Waals surface area contributed by atoms with Gasteiger partial charge in [-0.2, -0.15) is 5.10 Å². The topological polar surface area (TPSA) is 125 Å². The van der Waals surface area contributed by atoms with Crippen LogP contribution in [0, 0.1) is 0 Å². The summed E-state index contributed by atoms with van der Waals surface area (Å²) in [4.78, 5) is 34.1. The summed E-state index contributed by atoms with van der Waals surface area (Å²) in [6.07, 6.45) is 14.3. The van der Waals surface area contributed by atoms with Crippen molar-refractivity contribution in [2.75, 3.05) is 5.32 Å². The Labute approximate surface area is 239 Å². The van der Waals surface area contributed by atoms with Crippen molar-refractivity contribution in [1.82, 2.24) is 35.1 Å². The molecule has 3 N–H and O–H groups in total. The summed E-state index contributed by atoms with van der Waals surface area (Å²) >= 11 is 0. The second-order valence-corrected chi connectivity index (χ2v) is 10.5. The number of nitrogens with zero attached hydrogens (tertiary/aromatic N) is 5. The first kappa shape index (κ1) is 25.5. The molecule has 5 aromatic heterocycles. The summed E-state index contributed by atoms with van der Waals surface area (Å²) in [5.41, 5.74) is 6.16. The number of aromatic nitrogens is 7. The molecule has 0 saturated carbocycles. The average molecular weight is 557 g/mol. The Hall–Kier alpha value is -5.51. The molecule has 10 heteroatoms. The van der Waals surface area contributed by atoms with Gasteiger partial charge in [-0.15, -0.1) is 0 Å². The van der Waals surface area contributed by atoms with Crippen molar-refractivity contribution >= 4 is 39.2 Å². The normalized spacial score (nSPS) is 16.6. The number of carbonyl (C=O) groups is 1. The lowest BCUT2D eigenvalue weighted by Gasteiger charge is -2.18. The lowest BCUT2D eigenvalue weighted by atomic mass is 9.92. The summed E-state index contributed by atoms with van der Waals surface area (Å²) < 4.78 is 14.3. The molecule has 1 aromatic carbocycles. The van der Waals surface area contributed by atoms with E-state index >= 15 is 0 Å². The first-order valence-electron chi connectivity index (χ1n) is 13.5. The smallest absolute Gasteiger partial charge is 0.228 e. The van der Waals surface area contributed by atoms with E-state index in [1.807, 2.05) is 48.5 Å². The van der Waals surface area contributed by atoms with Crippen LogP contribution in [0.25, 0.3) is 50.3 Å². The summed E-state index contributed by atoms with van der Waals surface area (Å²) in [6, 6.07) is 13.4. The number of H-pyrrole nitrogens is 2. The maximum Gasteiger partial charge on any atom is 0.228 e. The van der Waals surface area contributed by atoms with Crippen LogP contribution in [-0.4, -0.2) is 46.7 Å². The molecular formula is C32H25FN8O. The molecule has 1 unspecified atom stereocenters. The third kappa shape index (κ3) is 4.94. The molecule has 6 aromatic rings. The van der Waals surface area contributed by atoms with Gasteiger partial charge in [0.05, 0.1) is 40.9 Å². The van der Waals surface area contributed by atoms with Crippen molar-refractivity contribution in [2.24, 2.45) is 0 Å². The van der Waals surface area contributed by atoms with Crippen molar-refractivity contribution < 1.29 is 9.18 Å². The number of imidazole rings is 1. The fourth-order valence-electron chi connectivity index (χ4n) is 5.06. The van der Waals surface area contributed by atoms with Gasteiger partial charge in [0.25, 0.3) is 0 Å². The Morgan fingerprint density at radius 3 is 2.71 bits per heavy atom. The lowest BCUT2D eigenvalue weighted by molar-refractivity contribution is -0.115. The van der Waals surface area contributed by atoms with E-state index in [9.17, 15) is 9.18 Å². The number of fused-ring (bicyclic) bond motifs is 2. The van der Waals surface area contributed by atoms with E-state index < -0.39 is 5.67 Å². The van der Waals surface area contributed by atoms with Crippen molar-refractivity contribution in [3.05, 3.63) is 103 Å². The van der Waals surface area contributed by atoms with Crippen molar-refractivity contribution in [2.45, 2.75) is 25.4 Å². The minimum absolute atomic E-state index is 0.122. The summed E-state index contributed by atoms with van der Waals surface area (Å²) in [7, 11) is 0.